The number of amides is 1. The summed E-state index contributed by atoms with van der Waals surface area (Å²) < 4.78 is 0. The topological polar surface area (TPSA) is 32.3 Å². The van der Waals surface area contributed by atoms with Gasteiger partial charge in [0.05, 0.1) is 5.41 Å². The molecule has 2 aliphatic rings. The smallest absolute Gasteiger partial charge is 0.230 e. The standard InChI is InChI=1S/C18H26N2O/c1-2-9-18(10-11-19-14-18)17(21)20-12-7-15-5-3-4-6-16(15)8-13-20/h3-6,19H,2,7-14H2,1H3. The quantitative estimate of drug-likeness (QED) is 0.925. The van der Waals surface area contributed by atoms with Gasteiger partial charge in [0, 0.05) is 19.6 Å². The van der Waals surface area contributed by atoms with Gasteiger partial charge in [0.25, 0.3) is 0 Å². The summed E-state index contributed by atoms with van der Waals surface area (Å²) in [6.45, 7) is 5.79. The molecule has 1 N–H and O–H groups in total. The fourth-order valence-corrected chi connectivity index (χ4v) is 3.93. The lowest BCUT2D eigenvalue weighted by Crippen LogP contribution is -2.46. The van der Waals surface area contributed by atoms with Crippen molar-refractivity contribution < 1.29 is 4.79 Å². The van der Waals surface area contributed by atoms with E-state index in [4.69, 9.17) is 0 Å². The third-order valence-corrected chi connectivity index (χ3v) is 5.13. The molecule has 0 radical (unpaired) electrons. The van der Waals surface area contributed by atoms with Crippen molar-refractivity contribution in [3.63, 3.8) is 0 Å². The van der Waals surface area contributed by atoms with E-state index >= 15 is 0 Å². The maximum Gasteiger partial charge on any atom is 0.230 e. The number of rotatable bonds is 3. The Morgan fingerprint density at radius 1 is 1.24 bits per heavy atom. The molecule has 0 bridgehead atoms. The van der Waals surface area contributed by atoms with Gasteiger partial charge in [-0.15, -0.1) is 0 Å². The number of hydrogen-bond donors (Lipinski definition) is 1. The molecule has 3 rings (SSSR count). The van der Waals surface area contributed by atoms with E-state index in [2.05, 4.69) is 41.4 Å². The Hall–Kier alpha value is -1.35. The summed E-state index contributed by atoms with van der Waals surface area (Å²) in [5.74, 6) is 0.391. The first-order valence-corrected chi connectivity index (χ1v) is 8.32. The number of hydrogen-bond acceptors (Lipinski definition) is 2. The highest BCUT2D eigenvalue weighted by atomic mass is 16.2. The Bertz CT molecular complexity index is 479. The Morgan fingerprint density at radius 3 is 2.43 bits per heavy atom. The number of fused-ring (bicyclic) bond motifs is 1. The summed E-state index contributed by atoms with van der Waals surface area (Å²) in [4.78, 5) is 15.2. The van der Waals surface area contributed by atoms with Crippen molar-refractivity contribution in [3.05, 3.63) is 35.4 Å². The summed E-state index contributed by atoms with van der Waals surface area (Å²) in [7, 11) is 0. The van der Waals surface area contributed by atoms with E-state index in [1.807, 2.05) is 0 Å². The predicted octanol–water partition coefficient (Wildman–Crippen LogP) is 2.39. The molecule has 1 saturated heterocycles. The van der Waals surface area contributed by atoms with Crippen molar-refractivity contribution in [2.45, 2.75) is 39.0 Å². The molecular weight excluding hydrogens is 260 g/mol. The first kappa shape index (κ1) is 14.6. The first-order valence-electron chi connectivity index (χ1n) is 8.32. The summed E-state index contributed by atoms with van der Waals surface area (Å²) in [5.41, 5.74) is 2.70. The van der Waals surface area contributed by atoms with E-state index < -0.39 is 0 Å². The molecule has 1 unspecified atom stereocenters. The third-order valence-electron chi connectivity index (χ3n) is 5.13. The van der Waals surface area contributed by atoms with Gasteiger partial charge in [0.2, 0.25) is 5.91 Å². The van der Waals surface area contributed by atoms with Crippen LogP contribution in [0.1, 0.15) is 37.3 Å². The average Bonchev–Trinajstić information content (AvgIpc) is 2.87. The van der Waals surface area contributed by atoms with Crippen LogP contribution in [0.3, 0.4) is 0 Å². The Kier molecular flexibility index (Phi) is 4.29. The fraction of sp³-hybridized carbons (Fsp3) is 0.611. The lowest BCUT2D eigenvalue weighted by Gasteiger charge is -2.33. The van der Waals surface area contributed by atoms with Crippen LogP contribution in [-0.2, 0) is 17.6 Å². The molecule has 1 amide bonds. The predicted molar refractivity (Wildman–Crippen MR) is 85.3 cm³/mol. The Labute approximate surface area is 127 Å². The SMILES string of the molecule is CCCC1(C(=O)N2CCc3ccccc3CC2)CCNC1. The van der Waals surface area contributed by atoms with E-state index in [-0.39, 0.29) is 5.41 Å². The molecule has 1 aromatic carbocycles. The molecule has 1 fully saturated rings. The van der Waals surface area contributed by atoms with Gasteiger partial charge in [0.1, 0.15) is 0 Å². The highest BCUT2D eigenvalue weighted by Crippen LogP contribution is 2.34. The second-order valence-electron chi connectivity index (χ2n) is 6.52. The highest BCUT2D eigenvalue weighted by molar-refractivity contribution is 5.83. The van der Waals surface area contributed by atoms with Crippen LogP contribution >= 0.6 is 0 Å². The molecule has 1 aromatic rings. The Morgan fingerprint density at radius 2 is 1.90 bits per heavy atom. The van der Waals surface area contributed by atoms with Gasteiger partial charge in [-0.3, -0.25) is 4.79 Å². The van der Waals surface area contributed by atoms with Crippen LogP contribution in [0.5, 0.6) is 0 Å². The molecule has 2 heterocycles. The number of nitrogens with one attached hydrogen (secondary N) is 1. The molecule has 2 aliphatic heterocycles. The molecule has 0 spiro atoms. The lowest BCUT2D eigenvalue weighted by atomic mass is 9.81. The monoisotopic (exact) mass is 286 g/mol. The van der Waals surface area contributed by atoms with Crippen molar-refractivity contribution >= 4 is 5.91 Å². The van der Waals surface area contributed by atoms with Crippen LogP contribution in [0.4, 0.5) is 0 Å². The number of benzene rings is 1. The third kappa shape index (κ3) is 2.84. The highest BCUT2D eigenvalue weighted by Gasteiger charge is 2.42. The first-order chi connectivity index (χ1) is 10.2. The lowest BCUT2D eigenvalue weighted by molar-refractivity contribution is -0.141. The van der Waals surface area contributed by atoms with Gasteiger partial charge in [0.15, 0.2) is 0 Å². The molecule has 21 heavy (non-hydrogen) atoms. The van der Waals surface area contributed by atoms with Gasteiger partial charge in [-0.2, -0.15) is 0 Å². The summed E-state index contributed by atoms with van der Waals surface area (Å²) >= 11 is 0. The van der Waals surface area contributed by atoms with Crippen molar-refractivity contribution in [2.75, 3.05) is 26.2 Å². The molecule has 3 nitrogen and oxygen atoms in total. The number of carbonyl (C=O) groups is 1. The van der Waals surface area contributed by atoms with Crippen molar-refractivity contribution in [1.29, 1.82) is 0 Å². The number of nitrogens with zero attached hydrogens (tertiary/aromatic N) is 1. The largest absolute Gasteiger partial charge is 0.342 e. The van der Waals surface area contributed by atoms with Crippen molar-refractivity contribution in [3.8, 4) is 0 Å². The van der Waals surface area contributed by atoms with E-state index in [1.165, 1.54) is 11.1 Å². The van der Waals surface area contributed by atoms with Gasteiger partial charge in [-0.1, -0.05) is 37.6 Å². The van der Waals surface area contributed by atoms with Crippen LogP contribution in [0.15, 0.2) is 24.3 Å². The zero-order chi connectivity index (χ0) is 14.7. The van der Waals surface area contributed by atoms with Crippen LogP contribution in [0, 0.1) is 5.41 Å². The molecule has 3 heteroatoms. The van der Waals surface area contributed by atoms with Gasteiger partial charge < -0.3 is 10.2 Å². The van der Waals surface area contributed by atoms with Crippen molar-refractivity contribution in [2.24, 2.45) is 5.41 Å². The molecule has 0 aromatic heterocycles. The maximum absolute atomic E-state index is 13.1. The van der Waals surface area contributed by atoms with E-state index in [9.17, 15) is 4.79 Å². The van der Waals surface area contributed by atoms with Gasteiger partial charge in [-0.05, 0) is 43.4 Å². The second-order valence-corrected chi connectivity index (χ2v) is 6.52. The molecule has 0 aliphatic carbocycles. The normalized spacial score (nSPS) is 25.5. The summed E-state index contributed by atoms with van der Waals surface area (Å²) in [5, 5.41) is 3.40. The number of carbonyl (C=O) groups excluding carboxylic acids is 1. The van der Waals surface area contributed by atoms with Crippen LogP contribution in [-0.4, -0.2) is 37.0 Å². The minimum absolute atomic E-state index is 0.134. The van der Waals surface area contributed by atoms with Gasteiger partial charge in [-0.25, -0.2) is 0 Å². The molecule has 1 atom stereocenters. The zero-order valence-corrected chi connectivity index (χ0v) is 13.0. The fourth-order valence-electron chi connectivity index (χ4n) is 3.93. The van der Waals surface area contributed by atoms with E-state index in [0.29, 0.717) is 5.91 Å². The Balaban J connectivity index is 1.74. The van der Waals surface area contributed by atoms with E-state index in [1.54, 1.807) is 0 Å². The van der Waals surface area contributed by atoms with Crippen LogP contribution in [0.2, 0.25) is 0 Å². The van der Waals surface area contributed by atoms with Gasteiger partial charge >= 0.3 is 0 Å². The molecular formula is C18H26N2O. The summed E-state index contributed by atoms with van der Waals surface area (Å²) in [6.07, 6.45) is 5.10. The van der Waals surface area contributed by atoms with Crippen LogP contribution in [0.25, 0.3) is 0 Å². The second kappa shape index (κ2) is 6.18. The zero-order valence-electron chi connectivity index (χ0n) is 13.0. The minimum atomic E-state index is -0.134. The maximum atomic E-state index is 13.1. The van der Waals surface area contributed by atoms with Crippen molar-refractivity contribution in [1.82, 2.24) is 10.2 Å². The minimum Gasteiger partial charge on any atom is -0.342 e. The van der Waals surface area contributed by atoms with Crippen LogP contribution < -0.4 is 5.32 Å². The average molecular weight is 286 g/mol. The van der Waals surface area contributed by atoms with E-state index in [0.717, 1.165) is 58.3 Å². The molecule has 0 saturated carbocycles. The molecule has 114 valence electrons. The summed E-state index contributed by atoms with van der Waals surface area (Å²) in [6, 6.07) is 8.63.